The highest BCUT2D eigenvalue weighted by molar-refractivity contribution is 7.89. The molecule has 4 aromatic rings. The van der Waals surface area contributed by atoms with Gasteiger partial charge in [0.25, 0.3) is 11.5 Å². The Balaban J connectivity index is 1.38. The summed E-state index contributed by atoms with van der Waals surface area (Å²) < 4.78 is 61.7. The third-order valence-corrected chi connectivity index (χ3v) is 10.2. The van der Waals surface area contributed by atoms with Gasteiger partial charge in [0.2, 0.25) is 16.3 Å². The number of hydrogen-bond acceptors (Lipinski definition) is 8. The Morgan fingerprint density at radius 1 is 1.06 bits per heavy atom. The number of carbonyl (C=O) groups excluding carboxylic acids is 1. The Hall–Kier alpha value is -4.76. The number of aliphatic hydroxyl groups excluding tert-OH is 1. The summed E-state index contributed by atoms with van der Waals surface area (Å²) in [7, 11) is -0.740. The highest BCUT2D eigenvalue weighted by atomic mass is 32.2. The molecule has 14 heteroatoms. The molecule has 5 rings (SSSR count). The second-order valence-corrected chi connectivity index (χ2v) is 13.3. The van der Waals surface area contributed by atoms with Crippen LogP contribution in [0.3, 0.4) is 0 Å². The van der Waals surface area contributed by atoms with Crippen molar-refractivity contribution >= 4 is 15.9 Å². The van der Waals surface area contributed by atoms with E-state index >= 15 is 0 Å². The van der Waals surface area contributed by atoms with Gasteiger partial charge in [0.05, 0.1) is 30.9 Å². The van der Waals surface area contributed by atoms with Gasteiger partial charge in [0.15, 0.2) is 5.76 Å². The molecule has 0 spiro atoms. The summed E-state index contributed by atoms with van der Waals surface area (Å²) in [5, 5.41) is 12.4. The monoisotopic (exact) mass is 694 g/mol. The summed E-state index contributed by atoms with van der Waals surface area (Å²) in [6.07, 6.45) is 0.727. The highest BCUT2D eigenvalue weighted by Gasteiger charge is 2.33. The van der Waals surface area contributed by atoms with Crippen molar-refractivity contribution in [2.45, 2.75) is 37.0 Å². The number of aliphatic hydroxyl groups is 1. The Bertz CT molecular complexity index is 1940. The van der Waals surface area contributed by atoms with Gasteiger partial charge in [0, 0.05) is 50.3 Å². The number of ether oxygens (including phenoxy) is 3. The Kier molecular flexibility index (Phi) is 11.3. The molecule has 0 fully saturated rings. The number of hydrogen-bond donors (Lipinski definition) is 2. The number of carbonyl (C=O) groups is 1. The van der Waals surface area contributed by atoms with Gasteiger partial charge in [-0.05, 0) is 67.1 Å². The number of nitrogens with zero attached hydrogens (tertiary/aromatic N) is 3. The van der Waals surface area contributed by atoms with Crippen LogP contribution in [0.15, 0.2) is 100 Å². The molecule has 3 aromatic carbocycles. The number of amides is 1. The molecule has 0 bridgehead atoms. The van der Waals surface area contributed by atoms with E-state index in [-0.39, 0.29) is 48.9 Å². The largest absolute Gasteiger partial charge is 0.497 e. The summed E-state index contributed by atoms with van der Waals surface area (Å²) in [6, 6.07) is 20.8. The van der Waals surface area contributed by atoms with E-state index in [0.29, 0.717) is 28.3 Å². The van der Waals surface area contributed by atoms with Crippen molar-refractivity contribution in [2.24, 2.45) is 7.05 Å². The summed E-state index contributed by atoms with van der Waals surface area (Å²) in [5.74, 6) is -1.14. The van der Waals surface area contributed by atoms with Crippen LogP contribution in [0.2, 0.25) is 0 Å². The first-order valence-corrected chi connectivity index (χ1v) is 17.1. The first kappa shape index (κ1) is 35.5. The van der Waals surface area contributed by atoms with E-state index in [9.17, 15) is 27.5 Å². The first-order chi connectivity index (χ1) is 23.5. The highest BCUT2D eigenvalue weighted by Crippen LogP contribution is 2.32. The number of nitrogens with one attached hydrogen (secondary N) is 1. The standard InChI is InChI=1S/C35H39FN4O8S/c1-24-33(35(43)40(38(24)2)28-7-5-4-6-8-28)26-21-31(34(42)37-23-25-9-11-27(36)12-10-25)48-32(22-26)47-20-18-39(17-19-41)49(44,45)30-15-13-29(46-3)14-16-30/h4-16,21,26,32,41H,17-20,22-23H2,1-3H3,(H,37,42). The second-order valence-electron chi connectivity index (χ2n) is 11.4. The van der Waals surface area contributed by atoms with E-state index in [1.165, 1.54) is 43.5 Å². The number of para-hydroxylation sites is 1. The molecule has 12 nitrogen and oxygen atoms in total. The van der Waals surface area contributed by atoms with Crippen molar-refractivity contribution in [3.63, 3.8) is 0 Å². The quantitative estimate of drug-likeness (QED) is 0.205. The fourth-order valence-corrected chi connectivity index (χ4v) is 7.07. The zero-order valence-corrected chi connectivity index (χ0v) is 28.2. The molecule has 0 saturated heterocycles. The molecule has 0 saturated carbocycles. The smallest absolute Gasteiger partial charge is 0.286 e. The van der Waals surface area contributed by atoms with Crippen LogP contribution in [0.1, 0.15) is 29.2 Å². The van der Waals surface area contributed by atoms with Gasteiger partial charge >= 0.3 is 0 Å². The van der Waals surface area contributed by atoms with Gasteiger partial charge in [-0.25, -0.2) is 17.5 Å². The topological polar surface area (TPSA) is 141 Å². The maximum atomic E-state index is 13.9. The van der Waals surface area contributed by atoms with E-state index in [2.05, 4.69) is 5.32 Å². The van der Waals surface area contributed by atoms with Crippen molar-refractivity contribution in [3.8, 4) is 11.4 Å². The molecule has 2 atom stereocenters. The maximum Gasteiger partial charge on any atom is 0.286 e. The molecule has 1 aromatic heterocycles. The van der Waals surface area contributed by atoms with Crippen molar-refractivity contribution in [1.29, 1.82) is 0 Å². The van der Waals surface area contributed by atoms with Crippen molar-refractivity contribution in [3.05, 3.63) is 124 Å². The van der Waals surface area contributed by atoms with Crippen LogP contribution in [-0.4, -0.2) is 72.8 Å². The molecule has 260 valence electrons. The number of halogens is 1. The average molecular weight is 695 g/mol. The van der Waals surface area contributed by atoms with Crippen LogP contribution >= 0.6 is 0 Å². The summed E-state index contributed by atoms with van der Waals surface area (Å²) in [5.41, 5.74) is 2.21. The molecule has 2 heterocycles. The van der Waals surface area contributed by atoms with E-state index < -0.39 is 40.6 Å². The Morgan fingerprint density at radius 3 is 2.41 bits per heavy atom. The molecular formula is C35H39FN4O8S. The number of benzene rings is 3. The van der Waals surface area contributed by atoms with Crippen LogP contribution < -0.4 is 15.6 Å². The van der Waals surface area contributed by atoms with Gasteiger partial charge < -0.3 is 24.6 Å². The minimum absolute atomic E-state index is 0.0213. The lowest BCUT2D eigenvalue weighted by molar-refractivity contribution is -0.146. The normalized spacial score (nSPS) is 16.2. The summed E-state index contributed by atoms with van der Waals surface area (Å²) in [6.45, 7) is 1.06. The van der Waals surface area contributed by atoms with Crippen LogP contribution in [-0.2, 0) is 37.9 Å². The second kappa shape index (κ2) is 15.6. The maximum absolute atomic E-state index is 13.9. The van der Waals surface area contributed by atoms with Crippen LogP contribution in [0.25, 0.3) is 5.69 Å². The van der Waals surface area contributed by atoms with Crippen molar-refractivity contribution < 1.29 is 36.9 Å². The lowest BCUT2D eigenvalue weighted by Crippen LogP contribution is -2.38. The SMILES string of the molecule is COc1ccc(S(=O)(=O)N(CCO)CCOC2CC(c3c(C)n(C)n(-c4ccccc4)c3=O)C=C(C(=O)NCc3ccc(F)cc3)O2)cc1. The van der Waals surface area contributed by atoms with Crippen LogP contribution in [0.4, 0.5) is 4.39 Å². The zero-order valence-electron chi connectivity index (χ0n) is 27.4. The molecule has 0 aliphatic carbocycles. The Morgan fingerprint density at radius 2 is 1.76 bits per heavy atom. The number of sulfonamides is 1. The van der Waals surface area contributed by atoms with Crippen LogP contribution in [0.5, 0.6) is 5.75 Å². The predicted molar refractivity (Wildman–Crippen MR) is 179 cm³/mol. The van der Waals surface area contributed by atoms with E-state index in [0.717, 1.165) is 4.31 Å². The predicted octanol–water partition coefficient (Wildman–Crippen LogP) is 3.36. The first-order valence-electron chi connectivity index (χ1n) is 15.6. The average Bonchev–Trinajstić information content (AvgIpc) is 3.34. The van der Waals surface area contributed by atoms with E-state index in [1.807, 2.05) is 37.3 Å². The molecule has 2 unspecified atom stereocenters. The van der Waals surface area contributed by atoms with E-state index in [4.69, 9.17) is 14.2 Å². The minimum Gasteiger partial charge on any atom is -0.497 e. The molecule has 1 aliphatic rings. The third kappa shape index (κ3) is 8.11. The minimum atomic E-state index is -3.99. The molecule has 0 radical (unpaired) electrons. The molecule has 1 amide bonds. The molecule has 1 aliphatic heterocycles. The fourth-order valence-electron chi connectivity index (χ4n) is 5.65. The van der Waals surface area contributed by atoms with Gasteiger partial charge in [-0.15, -0.1) is 0 Å². The fraction of sp³-hybridized carbons (Fsp3) is 0.314. The lowest BCUT2D eigenvalue weighted by atomic mass is 9.93. The molecular weight excluding hydrogens is 655 g/mol. The number of rotatable bonds is 14. The summed E-state index contributed by atoms with van der Waals surface area (Å²) in [4.78, 5) is 27.3. The van der Waals surface area contributed by atoms with Crippen molar-refractivity contribution in [1.82, 2.24) is 19.0 Å². The van der Waals surface area contributed by atoms with Crippen LogP contribution in [0, 0.1) is 12.7 Å². The zero-order chi connectivity index (χ0) is 35.1. The summed E-state index contributed by atoms with van der Waals surface area (Å²) >= 11 is 0. The van der Waals surface area contributed by atoms with Gasteiger partial charge in [-0.1, -0.05) is 30.3 Å². The number of methoxy groups -OCH3 is 1. The lowest BCUT2D eigenvalue weighted by Gasteiger charge is -2.29. The molecule has 2 N–H and O–H groups in total. The number of aromatic nitrogens is 2. The van der Waals surface area contributed by atoms with E-state index in [1.54, 1.807) is 34.6 Å². The third-order valence-electron chi connectivity index (χ3n) is 8.31. The van der Waals surface area contributed by atoms with Gasteiger partial charge in [-0.2, -0.15) is 4.31 Å². The van der Waals surface area contributed by atoms with Gasteiger partial charge in [-0.3, -0.25) is 14.3 Å². The molecule has 49 heavy (non-hydrogen) atoms. The Labute approximate surface area is 284 Å². The van der Waals surface area contributed by atoms with Gasteiger partial charge in [0.1, 0.15) is 11.6 Å². The number of allylic oxidation sites excluding steroid dienone is 1. The van der Waals surface area contributed by atoms with Crippen molar-refractivity contribution in [2.75, 3.05) is 33.4 Å².